The van der Waals surface area contributed by atoms with Crippen LogP contribution in [0.15, 0.2) is 18.2 Å². The highest BCUT2D eigenvalue weighted by Crippen LogP contribution is 2.69. The van der Waals surface area contributed by atoms with Crippen LogP contribution in [-0.4, -0.2) is 5.78 Å². The first-order valence-corrected chi connectivity index (χ1v) is 6.06. The van der Waals surface area contributed by atoms with Gasteiger partial charge in [0.25, 0.3) is 0 Å². The summed E-state index contributed by atoms with van der Waals surface area (Å²) in [5.74, 6) is -0.562. The molecule has 0 amide bonds. The van der Waals surface area contributed by atoms with Gasteiger partial charge in [0.05, 0.1) is 5.02 Å². The topological polar surface area (TPSA) is 17.1 Å². The molecule has 0 aliphatic heterocycles. The lowest BCUT2D eigenvalue weighted by Crippen LogP contribution is -2.08. The third-order valence-electron chi connectivity index (χ3n) is 4.48. The smallest absolute Gasteiger partial charge is 0.168 e. The highest BCUT2D eigenvalue weighted by molar-refractivity contribution is 6.34. The van der Waals surface area contributed by atoms with E-state index in [1.54, 1.807) is 0 Å². The van der Waals surface area contributed by atoms with E-state index in [0.717, 1.165) is 0 Å². The van der Waals surface area contributed by atoms with E-state index >= 15 is 0 Å². The second-order valence-electron chi connectivity index (χ2n) is 5.86. The lowest BCUT2D eigenvalue weighted by molar-refractivity contribution is 0.0945. The van der Waals surface area contributed by atoms with E-state index in [0.29, 0.717) is 10.6 Å². The molecule has 1 aromatic carbocycles. The number of rotatable bonds is 2. The summed E-state index contributed by atoms with van der Waals surface area (Å²) in [5.41, 5.74) is 0.190. The zero-order valence-electron chi connectivity index (χ0n) is 10.5. The van der Waals surface area contributed by atoms with Crippen LogP contribution < -0.4 is 0 Å². The molecule has 1 fully saturated rings. The van der Waals surface area contributed by atoms with Crippen LogP contribution in [0.5, 0.6) is 0 Å². The molecule has 0 unspecified atom stereocenters. The number of hydrogen-bond donors (Lipinski definition) is 0. The van der Waals surface area contributed by atoms with Gasteiger partial charge in [-0.1, -0.05) is 39.3 Å². The Morgan fingerprint density at radius 3 is 2.24 bits per heavy atom. The van der Waals surface area contributed by atoms with Crippen LogP contribution in [-0.2, 0) is 0 Å². The third kappa shape index (κ3) is 1.70. The Kier molecular flexibility index (Phi) is 2.62. The molecule has 17 heavy (non-hydrogen) atoms. The van der Waals surface area contributed by atoms with Crippen molar-refractivity contribution in [3.63, 3.8) is 0 Å². The molecule has 3 heteroatoms. The molecule has 0 radical (unpaired) electrons. The fourth-order valence-electron chi connectivity index (χ4n) is 2.69. The Balaban J connectivity index is 2.38. The zero-order valence-corrected chi connectivity index (χ0v) is 11.2. The van der Waals surface area contributed by atoms with Gasteiger partial charge in [0.2, 0.25) is 0 Å². The van der Waals surface area contributed by atoms with Crippen LogP contribution in [0, 0.1) is 22.6 Å². The first-order valence-electron chi connectivity index (χ1n) is 5.69. The summed E-state index contributed by atoms with van der Waals surface area (Å²) in [6.07, 6.45) is 0. The van der Waals surface area contributed by atoms with Crippen molar-refractivity contribution < 1.29 is 9.18 Å². The second-order valence-corrected chi connectivity index (χ2v) is 6.27. The molecule has 0 atom stereocenters. The summed E-state index contributed by atoms with van der Waals surface area (Å²) in [7, 11) is 0. The summed E-state index contributed by atoms with van der Waals surface area (Å²) in [6, 6.07) is 3.93. The summed E-state index contributed by atoms with van der Waals surface area (Å²) < 4.78 is 13.2. The minimum Gasteiger partial charge on any atom is -0.294 e. The Morgan fingerprint density at radius 2 is 1.76 bits per heavy atom. The molecule has 0 saturated heterocycles. The minimum absolute atomic E-state index is 0.0514. The Morgan fingerprint density at radius 1 is 1.24 bits per heavy atom. The average molecular weight is 255 g/mol. The van der Waals surface area contributed by atoms with Crippen molar-refractivity contribution in [1.82, 2.24) is 0 Å². The lowest BCUT2D eigenvalue weighted by atomic mass is 10.0. The first kappa shape index (κ1) is 12.6. The van der Waals surface area contributed by atoms with Gasteiger partial charge in [-0.25, -0.2) is 4.39 Å². The van der Waals surface area contributed by atoms with Crippen molar-refractivity contribution in [3.05, 3.63) is 34.6 Å². The maximum atomic E-state index is 13.2. The molecule has 0 bridgehead atoms. The SMILES string of the molecule is CC1(C)C(C(=O)c2cc(F)ccc2Cl)C1(C)C. The second kappa shape index (κ2) is 3.55. The van der Waals surface area contributed by atoms with Crippen molar-refractivity contribution in [2.24, 2.45) is 16.7 Å². The van der Waals surface area contributed by atoms with Gasteiger partial charge in [0.1, 0.15) is 5.82 Å². The maximum absolute atomic E-state index is 13.2. The van der Waals surface area contributed by atoms with Crippen LogP contribution in [0.3, 0.4) is 0 Å². The number of ketones is 1. The van der Waals surface area contributed by atoms with Gasteiger partial charge in [-0.15, -0.1) is 0 Å². The Hall–Kier alpha value is -0.890. The highest BCUT2D eigenvalue weighted by Gasteiger charge is 2.68. The molecular weight excluding hydrogens is 239 g/mol. The maximum Gasteiger partial charge on any atom is 0.168 e. The van der Waals surface area contributed by atoms with Crippen LogP contribution in [0.4, 0.5) is 4.39 Å². The lowest BCUT2D eigenvalue weighted by Gasteiger charge is -2.05. The largest absolute Gasteiger partial charge is 0.294 e. The minimum atomic E-state index is -0.422. The number of benzene rings is 1. The van der Waals surface area contributed by atoms with Crippen LogP contribution in [0.2, 0.25) is 5.02 Å². The van der Waals surface area contributed by atoms with Gasteiger partial charge in [-0.05, 0) is 29.0 Å². The molecule has 1 aromatic rings. The van der Waals surface area contributed by atoms with Gasteiger partial charge in [-0.2, -0.15) is 0 Å². The van der Waals surface area contributed by atoms with Gasteiger partial charge in [-0.3, -0.25) is 4.79 Å². The predicted molar refractivity (Wildman–Crippen MR) is 66.8 cm³/mol. The molecule has 0 N–H and O–H groups in total. The first-order chi connectivity index (χ1) is 7.69. The Bertz CT molecular complexity index is 477. The van der Waals surface area contributed by atoms with Gasteiger partial charge < -0.3 is 0 Å². The highest BCUT2D eigenvalue weighted by atomic mass is 35.5. The van der Waals surface area contributed by atoms with E-state index in [-0.39, 0.29) is 22.5 Å². The van der Waals surface area contributed by atoms with Gasteiger partial charge in [0.15, 0.2) is 5.78 Å². The molecule has 1 nitrogen and oxygen atoms in total. The van der Waals surface area contributed by atoms with E-state index in [4.69, 9.17) is 11.6 Å². The molecular formula is C14H16ClFO. The summed E-state index contributed by atoms with van der Waals surface area (Å²) in [5, 5.41) is 0.329. The molecule has 1 aliphatic carbocycles. The molecule has 1 saturated carbocycles. The monoisotopic (exact) mass is 254 g/mol. The molecule has 92 valence electrons. The number of Topliss-reactive ketones (excluding diaryl/α,β-unsaturated/α-hetero) is 1. The van der Waals surface area contributed by atoms with Crippen LogP contribution in [0.1, 0.15) is 38.1 Å². The average Bonchev–Trinajstić information content (AvgIpc) is 2.61. The molecule has 0 spiro atoms. The van der Waals surface area contributed by atoms with E-state index in [1.807, 2.05) is 0 Å². The zero-order chi connectivity index (χ0) is 13.0. The van der Waals surface area contributed by atoms with Crippen molar-refractivity contribution in [2.45, 2.75) is 27.7 Å². The normalized spacial score (nSPS) is 21.3. The molecule has 2 rings (SSSR count). The molecule has 0 aromatic heterocycles. The van der Waals surface area contributed by atoms with Crippen LogP contribution >= 0.6 is 11.6 Å². The number of hydrogen-bond acceptors (Lipinski definition) is 1. The van der Waals surface area contributed by atoms with E-state index in [2.05, 4.69) is 27.7 Å². The molecule has 0 heterocycles. The van der Waals surface area contributed by atoms with E-state index in [9.17, 15) is 9.18 Å². The number of halogens is 2. The van der Waals surface area contributed by atoms with Crippen LogP contribution in [0.25, 0.3) is 0 Å². The van der Waals surface area contributed by atoms with E-state index in [1.165, 1.54) is 18.2 Å². The van der Waals surface area contributed by atoms with Gasteiger partial charge in [0, 0.05) is 11.5 Å². The van der Waals surface area contributed by atoms with Crippen molar-refractivity contribution in [3.8, 4) is 0 Å². The third-order valence-corrected chi connectivity index (χ3v) is 4.81. The predicted octanol–water partition coefficient (Wildman–Crippen LogP) is 4.34. The number of carbonyl (C=O) groups excluding carboxylic acids is 1. The summed E-state index contributed by atoms with van der Waals surface area (Å²) in [6.45, 7) is 8.23. The quantitative estimate of drug-likeness (QED) is 0.718. The van der Waals surface area contributed by atoms with Crippen molar-refractivity contribution in [1.29, 1.82) is 0 Å². The Labute approximate surface area is 106 Å². The fraction of sp³-hybridized carbons (Fsp3) is 0.500. The summed E-state index contributed by atoms with van der Waals surface area (Å²) in [4.78, 5) is 12.4. The molecule has 1 aliphatic rings. The van der Waals surface area contributed by atoms with Gasteiger partial charge >= 0.3 is 0 Å². The van der Waals surface area contributed by atoms with Crippen molar-refractivity contribution in [2.75, 3.05) is 0 Å². The van der Waals surface area contributed by atoms with E-state index < -0.39 is 5.82 Å². The fourth-order valence-corrected chi connectivity index (χ4v) is 2.90. The van der Waals surface area contributed by atoms with Crippen molar-refractivity contribution >= 4 is 17.4 Å². The summed E-state index contributed by atoms with van der Waals surface area (Å²) >= 11 is 5.96. The number of carbonyl (C=O) groups is 1. The standard InChI is InChI=1S/C14H16ClFO/c1-13(2)12(14(13,3)4)11(17)9-7-8(16)5-6-10(9)15/h5-7,12H,1-4H3.